The second-order valence-corrected chi connectivity index (χ2v) is 0.742. The van der Waals surface area contributed by atoms with Gasteiger partial charge in [0.25, 0.3) is 0 Å². The van der Waals surface area contributed by atoms with Crippen molar-refractivity contribution in [3.8, 4) is 0 Å². The summed E-state index contributed by atoms with van der Waals surface area (Å²) in [6.45, 7) is 2.20. The zero-order valence-corrected chi connectivity index (χ0v) is 2.82. The Morgan fingerprint density at radius 1 is 1.83 bits per heavy atom. The van der Waals surface area contributed by atoms with Gasteiger partial charge in [-0.05, 0) is 0 Å². The van der Waals surface area contributed by atoms with Crippen LogP contribution in [-0.2, 0) is 4.84 Å². The molecular weight excluding hydrogens is 84.0 g/mol. The van der Waals surface area contributed by atoms with Gasteiger partial charge in [-0.3, -0.25) is 5.32 Å². The van der Waals surface area contributed by atoms with E-state index in [1.807, 2.05) is 0 Å². The molecule has 0 aromatic rings. The van der Waals surface area contributed by atoms with Crippen molar-refractivity contribution in [3.63, 3.8) is 0 Å². The fourth-order valence-corrected chi connectivity index (χ4v) is 0.174. The van der Waals surface area contributed by atoms with Crippen molar-refractivity contribution in [3.05, 3.63) is 6.67 Å². The lowest BCUT2D eigenvalue weighted by Crippen LogP contribution is -2.08. The van der Waals surface area contributed by atoms with Gasteiger partial charge in [-0.25, -0.2) is 4.79 Å². The van der Waals surface area contributed by atoms with Crippen LogP contribution in [0.4, 0.5) is 4.79 Å². The van der Waals surface area contributed by atoms with Gasteiger partial charge in [-0.2, -0.15) is 0 Å². The van der Waals surface area contributed by atoms with Crippen LogP contribution in [0, 0.1) is 6.67 Å². The van der Waals surface area contributed by atoms with Crippen LogP contribution in [0.2, 0.25) is 0 Å². The first-order valence-electron chi connectivity index (χ1n) is 1.36. The average molecular weight is 86.0 g/mol. The Kier molecular flexibility index (Phi) is 0.648. The van der Waals surface area contributed by atoms with E-state index in [9.17, 15) is 4.79 Å². The highest BCUT2D eigenvalue weighted by Crippen LogP contribution is 1.78. The summed E-state index contributed by atoms with van der Waals surface area (Å²) in [6.07, 6.45) is -0.519. The summed E-state index contributed by atoms with van der Waals surface area (Å²) >= 11 is 0. The van der Waals surface area contributed by atoms with Crippen LogP contribution in [0.25, 0.3) is 0 Å². The number of carbonyl (C=O) groups is 1. The average Bonchev–Trinajstić information content (AvgIpc) is 1.86. The van der Waals surface area contributed by atoms with Gasteiger partial charge in [0.05, 0.1) is 0 Å². The third-order valence-electron chi connectivity index (χ3n) is 0.359. The Balaban J connectivity index is 2.37. The molecule has 4 heteroatoms. The minimum Gasteiger partial charge on any atom is -0.351 e. The van der Waals surface area contributed by atoms with E-state index in [-0.39, 0.29) is 0 Å². The van der Waals surface area contributed by atoms with Gasteiger partial charge in [-0.1, -0.05) is 0 Å². The maximum Gasteiger partial charge on any atom is 0.427 e. The molecule has 0 aromatic carbocycles. The lowest BCUT2D eigenvalue weighted by molar-refractivity contribution is 0.137. The van der Waals surface area contributed by atoms with Crippen LogP contribution in [0.1, 0.15) is 0 Å². The standard InChI is InChI=1S/C2H2N2O2/c5-2-3-1-4-6-2/h4H,(H,3,5). The first-order valence-corrected chi connectivity index (χ1v) is 1.36. The monoisotopic (exact) mass is 86.0 g/mol. The van der Waals surface area contributed by atoms with Crippen molar-refractivity contribution >= 4 is 6.09 Å². The van der Waals surface area contributed by atoms with Crippen molar-refractivity contribution in [1.82, 2.24) is 10.8 Å². The number of nitrogens with one attached hydrogen (secondary N) is 2. The molecule has 0 unspecified atom stereocenters. The predicted octanol–water partition coefficient (Wildman–Crippen LogP) is -0.773. The molecule has 4 nitrogen and oxygen atoms in total. The Hall–Kier alpha value is -0.770. The van der Waals surface area contributed by atoms with Crippen molar-refractivity contribution in [2.45, 2.75) is 0 Å². The van der Waals surface area contributed by atoms with Gasteiger partial charge in [0.2, 0.25) is 6.67 Å². The van der Waals surface area contributed by atoms with E-state index in [4.69, 9.17) is 0 Å². The molecular formula is C2H2N2O2. The second kappa shape index (κ2) is 1.14. The molecule has 1 rings (SSSR count). The molecule has 0 bridgehead atoms. The number of hydrogen-bond acceptors (Lipinski definition) is 3. The molecule has 2 radical (unpaired) electrons. The van der Waals surface area contributed by atoms with Crippen LogP contribution < -0.4 is 10.8 Å². The molecule has 0 aliphatic carbocycles. The highest BCUT2D eigenvalue weighted by molar-refractivity contribution is 5.69. The fraction of sp³-hybridized carbons (Fsp3) is 0. The molecule has 1 fully saturated rings. The molecule has 1 amide bonds. The molecule has 0 atom stereocenters. The topological polar surface area (TPSA) is 50.4 Å². The quantitative estimate of drug-likeness (QED) is 0.407. The van der Waals surface area contributed by atoms with Crippen LogP contribution in [0.3, 0.4) is 0 Å². The van der Waals surface area contributed by atoms with Crippen LogP contribution >= 0.6 is 0 Å². The zero-order valence-electron chi connectivity index (χ0n) is 2.82. The van der Waals surface area contributed by atoms with E-state index >= 15 is 0 Å². The second-order valence-electron chi connectivity index (χ2n) is 0.742. The highest BCUT2D eigenvalue weighted by atomic mass is 16.7. The molecule has 0 aromatic heterocycles. The Morgan fingerprint density at radius 2 is 2.67 bits per heavy atom. The summed E-state index contributed by atoms with van der Waals surface area (Å²) in [5, 5.41) is 2.10. The highest BCUT2D eigenvalue weighted by Gasteiger charge is 2.07. The summed E-state index contributed by atoms with van der Waals surface area (Å²) < 4.78 is 0. The third-order valence-corrected chi connectivity index (χ3v) is 0.359. The van der Waals surface area contributed by atoms with Crippen molar-refractivity contribution < 1.29 is 9.63 Å². The molecule has 1 aliphatic heterocycles. The van der Waals surface area contributed by atoms with E-state index in [1.165, 1.54) is 0 Å². The van der Waals surface area contributed by atoms with Crippen LogP contribution in [0.5, 0.6) is 0 Å². The number of amides is 1. The maximum atomic E-state index is 9.78. The minimum atomic E-state index is -0.519. The summed E-state index contributed by atoms with van der Waals surface area (Å²) in [5.41, 5.74) is 2.06. The largest absolute Gasteiger partial charge is 0.427 e. The normalized spacial score (nSPS) is 19.7. The third kappa shape index (κ3) is 0.414. The van der Waals surface area contributed by atoms with Gasteiger partial charge in [-0.15, -0.1) is 5.48 Å². The first kappa shape index (κ1) is 3.42. The van der Waals surface area contributed by atoms with Gasteiger partial charge in [0.15, 0.2) is 0 Å². The van der Waals surface area contributed by atoms with E-state index < -0.39 is 6.09 Å². The predicted molar refractivity (Wildman–Crippen MR) is 16.0 cm³/mol. The molecule has 1 aliphatic rings. The Bertz CT molecular complexity index is 63.9. The summed E-state index contributed by atoms with van der Waals surface area (Å²) in [7, 11) is 0. The van der Waals surface area contributed by atoms with Gasteiger partial charge >= 0.3 is 6.09 Å². The molecule has 0 spiro atoms. The molecule has 1 saturated heterocycles. The number of carbonyl (C=O) groups excluding carboxylic acids is 1. The SMILES string of the molecule is O=C1N[C]NO1. The van der Waals surface area contributed by atoms with E-state index in [1.54, 1.807) is 0 Å². The number of hydroxylamine groups is 1. The summed E-state index contributed by atoms with van der Waals surface area (Å²) in [4.78, 5) is 13.8. The lowest BCUT2D eigenvalue weighted by atomic mass is 11.1. The van der Waals surface area contributed by atoms with E-state index in [0.717, 1.165) is 0 Å². The zero-order chi connectivity index (χ0) is 4.41. The molecule has 32 valence electrons. The molecule has 0 saturated carbocycles. The molecule has 6 heavy (non-hydrogen) atoms. The molecule has 1 heterocycles. The van der Waals surface area contributed by atoms with Crippen LogP contribution in [-0.4, -0.2) is 6.09 Å². The van der Waals surface area contributed by atoms with Crippen molar-refractivity contribution in [1.29, 1.82) is 0 Å². The maximum absolute atomic E-state index is 9.78. The Morgan fingerprint density at radius 3 is 2.83 bits per heavy atom. The number of hydrogen-bond donors (Lipinski definition) is 2. The van der Waals surface area contributed by atoms with E-state index in [0.29, 0.717) is 0 Å². The van der Waals surface area contributed by atoms with Gasteiger partial charge in [0.1, 0.15) is 0 Å². The Labute approximate surface area is 34.4 Å². The van der Waals surface area contributed by atoms with Crippen LogP contribution in [0.15, 0.2) is 0 Å². The fourth-order valence-electron chi connectivity index (χ4n) is 0.174. The lowest BCUT2D eigenvalue weighted by Gasteiger charge is -1.78. The molecule has 2 N–H and O–H groups in total. The van der Waals surface area contributed by atoms with Crippen molar-refractivity contribution in [2.75, 3.05) is 0 Å². The summed E-state index contributed by atoms with van der Waals surface area (Å²) in [5.74, 6) is 0. The summed E-state index contributed by atoms with van der Waals surface area (Å²) in [6, 6.07) is 0. The smallest absolute Gasteiger partial charge is 0.351 e. The van der Waals surface area contributed by atoms with Gasteiger partial charge in [0, 0.05) is 0 Å². The first-order chi connectivity index (χ1) is 2.89. The minimum absolute atomic E-state index is 0.519. The van der Waals surface area contributed by atoms with Gasteiger partial charge < -0.3 is 4.84 Å². The van der Waals surface area contributed by atoms with Crippen molar-refractivity contribution in [2.24, 2.45) is 0 Å². The van der Waals surface area contributed by atoms with E-state index in [2.05, 4.69) is 22.3 Å². The number of rotatable bonds is 0.